The molecule has 1 fully saturated rings. The van der Waals surface area contributed by atoms with E-state index in [1.807, 2.05) is 0 Å². The molecule has 2 aromatic rings. The van der Waals surface area contributed by atoms with Crippen LogP contribution in [0.3, 0.4) is 0 Å². The average molecular weight is 382 g/mol. The summed E-state index contributed by atoms with van der Waals surface area (Å²) in [6, 6.07) is 11.7. The minimum absolute atomic E-state index is 0.315. The third-order valence-electron chi connectivity index (χ3n) is 4.02. The van der Waals surface area contributed by atoms with Crippen molar-refractivity contribution in [2.75, 3.05) is 24.7 Å². The Labute approximate surface area is 153 Å². The first kappa shape index (κ1) is 18.4. The molecule has 2 amide bonds. The number of carbonyl (C=O) groups is 1. The summed E-state index contributed by atoms with van der Waals surface area (Å²) in [5, 5.41) is 2.48. The van der Waals surface area contributed by atoms with Gasteiger partial charge in [-0.05, 0) is 29.8 Å². The van der Waals surface area contributed by atoms with E-state index in [2.05, 4.69) is 5.32 Å². The second-order valence-electron chi connectivity index (χ2n) is 5.67. The molecule has 2 aromatic carbocycles. The van der Waals surface area contributed by atoms with Gasteiger partial charge in [0, 0.05) is 12.3 Å². The number of rotatable bonds is 3. The lowest BCUT2D eigenvalue weighted by Crippen LogP contribution is -2.34. The number of thioether (sulfide) groups is 1. The van der Waals surface area contributed by atoms with E-state index in [4.69, 9.17) is 4.74 Å². The van der Waals surface area contributed by atoms with Crippen LogP contribution in [0.5, 0.6) is 5.75 Å². The lowest BCUT2D eigenvalue weighted by Gasteiger charge is -2.25. The number of urea groups is 1. The Kier molecular flexibility index (Phi) is 5.31. The van der Waals surface area contributed by atoms with Gasteiger partial charge in [-0.3, -0.25) is 0 Å². The van der Waals surface area contributed by atoms with Crippen molar-refractivity contribution in [3.63, 3.8) is 0 Å². The van der Waals surface area contributed by atoms with Crippen molar-refractivity contribution in [1.82, 2.24) is 4.90 Å². The van der Waals surface area contributed by atoms with E-state index in [1.54, 1.807) is 29.2 Å². The number of ether oxygens (including phenoxy) is 1. The molecule has 1 saturated heterocycles. The molecular weight excluding hydrogens is 365 g/mol. The van der Waals surface area contributed by atoms with Crippen molar-refractivity contribution >= 4 is 23.5 Å². The summed E-state index contributed by atoms with van der Waals surface area (Å²) < 4.78 is 43.4. The molecule has 1 heterocycles. The summed E-state index contributed by atoms with van der Waals surface area (Å²) in [6.07, 6.45) is -4.37. The zero-order valence-corrected chi connectivity index (χ0v) is 14.7. The van der Waals surface area contributed by atoms with Gasteiger partial charge in [-0.25, -0.2) is 4.79 Å². The normalized spacial score (nSPS) is 17.2. The molecule has 3 rings (SSSR count). The molecule has 1 N–H and O–H groups in total. The molecule has 1 aliphatic heterocycles. The number of amides is 2. The van der Waals surface area contributed by atoms with Crippen LogP contribution in [0, 0.1) is 0 Å². The predicted molar refractivity (Wildman–Crippen MR) is 95.4 cm³/mol. The van der Waals surface area contributed by atoms with Gasteiger partial charge >= 0.3 is 12.2 Å². The zero-order valence-electron chi connectivity index (χ0n) is 13.9. The van der Waals surface area contributed by atoms with Crippen LogP contribution in [0.4, 0.5) is 23.7 Å². The van der Waals surface area contributed by atoms with Crippen molar-refractivity contribution < 1.29 is 22.7 Å². The van der Waals surface area contributed by atoms with Crippen LogP contribution < -0.4 is 10.1 Å². The van der Waals surface area contributed by atoms with Gasteiger partial charge in [0.05, 0.1) is 18.4 Å². The molecule has 8 heteroatoms. The van der Waals surface area contributed by atoms with Crippen LogP contribution in [-0.4, -0.2) is 30.3 Å². The van der Waals surface area contributed by atoms with Crippen LogP contribution in [0.1, 0.15) is 16.5 Å². The van der Waals surface area contributed by atoms with E-state index in [1.165, 1.54) is 31.0 Å². The smallest absolute Gasteiger partial charge is 0.416 e. The van der Waals surface area contributed by atoms with E-state index in [0.717, 1.165) is 12.1 Å². The van der Waals surface area contributed by atoms with Crippen LogP contribution >= 0.6 is 11.8 Å². The maximum absolute atomic E-state index is 12.7. The summed E-state index contributed by atoms with van der Waals surface area (Å²) in [5.41, 5.74) is 0.507. The zero-order chi connectivity index (χ0) is 18.7. The molecule has 0 unspecified atom stereocenters. The SMILES string of the molecule is COc1ccccc1NC(=O)N1CCS[C@H]1c1ccc(C(F)(F)F)cc1. The van der Waals surface area contributed by atoms with Crippen molar-refractivity contribution in [3.8, 4) is 5.75 Å². The van der Waals surface area contributed by atoms with Gasteiger partial charge in [0.2, 0.25) is 0 Å². The Balaban J connectivity index is 1.76. The molecule has 0 saturated carbocycles. The van der Waals surface area contributed by atoms with E-state index < -0.39 is 11.7 Å². The fourth-order valence-corrected chi connectivity index (χ4v) is 3.98. The lowest BCUT2D eigenvalue weighted by atomic mass is 10.1. The highest BCUT2D eigenvalue weighted by atomic mass is 32.2. The summed E-state index contributed by atoms with van der Waals surface area (Å²) in [4.78, 5) is 14.3. The van der Waals surface area contributed by atoms with E-state index in [-0.39, 0.29) is 11.4 Å². The molecule has 0 aromatic heterocycles. The molecule has 138 valence electrons. The molecule has 1 aliphatic rings. The maximum Gasteiger partial charge on any atom is 0.416 e. The highest BCUT2D eigenvalue weighted by Crippen LogP contribution is 2.39. The molecule has 0 bridgehead atoms. The second kappa shape index (κ2) is 7.49. The largest absolute Gasteiger partial charge is 0.495 e. The summed E-state index contributed by atoms with van der Waals surface area (Å²) in [6.45, 7) is 0.511. The lowest BCUT2D eigenvalue weighted by molar-refractivity contribution is -0.137. The number of nitrogens with zero attached hydrogens (tertiary/aromatic N) is 1. The van der Waals surface area contributed by atoms with Crippen molar-refractivity contribution in [2.24, 2.45) is 0 Å². The molecule has 26 heavy (non-hydrogen) atoms. The van der Waals surface area contributed by atoms with E-state index in [0.29, 0.717) is 29.3 Å². The number of benzene rings is 2. The Morgan fingerprint density at radius 1 is 1.19 bits per heavy atom. The van der Waals surface area contributed by atoms with Crippen LogP contribution in [0.2, 0.25) is 0 Å². The van der Waals surface area contributed by atoms with Gasteiger partial charge < -0.3 is 15.0 Å². The first-order chi connectivity index (χ1) is 12.4. The molecular formula is C18H17F3N2O2S. The Bertz CT molecular complexity index is 781. The summed E-state index contributed by atoms with van der Waals surface area (Å²) in [7, 11) is 1.52. The number of methoxy groups -OCH3 is 1. The Hall–Kier alpha value is -2.35. The van der Waals surface area contributed by atoms with Gasteiger partial charge in [0.1, 0.15) is 11.1 Å². The minimum Gasteiger partial charge on any atom is -0.495 e. The van der Waals surface area contributed by atoms with Crippen molar-refractivity contribution in [1.29, 1.82) is 0 Å². The van der Waals surface area contributed by atoms with Crippen LogP contribution in [0.15, 0.2) is 48.5 Å². The number of hydrogen-bond donors (Lipinski definition) is 1. The number of hydrogen-bond acceptors (Lipinski definition) is 3. The second-order valence-corrected chi connectivity index (χ2v) is 6.85. The van der Waals surface area contributed by atoms with Crippen LogP contribution in [-0.2, 0) is 6.18 Å². The van der Waals surface area contributed by atoms with Gasteiger partial charge in [0.15, 0.2) is 0 Å². The number of para-hydroxylation sites is 2. The highest BCUT2D eigenvalue weighted by Gasteiger charge is 2.33. The quantitative estimate of drug-likeness (QED) is 0.813. The predicted octanol–water partition coefficient (Wildman–Crippen LogP) is 4.99. The monoisotopic (exact) mass is 382 g/mol. The molecule has 1 atom stereocenters. The molecule has 0 radical (unpaired) electrons. The van der Waals surface area contributed by atoms with Gasteiger partial charge in [-0.15, -0.1) is 11.8 Å². The fourth-order valence-electron chi connectivity index (χ4n) is 2.73. The van der Waals surface area contributed by atoms with Gasteiger partial charge in [-0.1, -0.05) is 24.3 Å². The standard InChI is InChI=1S/C18H17F3N2O2S/c1-25-15-5-3-2-4-14(15)22-17(24)23-10-11-26-16(23)12-6-8-13(9-7-12)18(19,20)21/h2-9,16H,10-11H2,1H3,(H,22,24)/t16-/m0/s1. The number of halogens is 3. The Morgan fingerprint density at radius 2 is 1.88 bits per heavy atom. The summed E-state index contributed by atoms with van der Waals surface area (Å²) in [5.74, 6) is 1.25. The number of alkyl halides is 3. The maximum atomic E-state index is 12.7. The Morgan fingerprint density at radius 3 is 2.54 bits per heavy atom. The first-order valence-corrected chi connectivity index (χ1v) is 8.94. The third kappa shape index (κ3) is 3.90. The van der Waals surface area contributed by atoms with Crippen molar-refractivity contribution in [3.05, 3.63) is 59.7 Å². The molecule has 0 spiro atoms. The van der Waals surface area contributed by atoms with Gasteiger partial charge in [0.25, 0.3) is 0 Å². The van der Waals surface area contributed by atoms with Crippen LogP contribution in [0.25, 0.3) is 0 Å². The number of nitrogens with one attached hydrogen (secondary N) is 1. The van der Waals surface area contributed by atoms with Gasteiger partial charge in [-0.2, -0.15) is 13.2 Å². The topological polar surface area (TPSA) is 41.6 Å². The van der Waals surface area contributed by atoms with E-state index >= 15 is 0 Å². The number of carbonyl (C=O) groups excluding carboxylic acids is 1. The minimum atomic E-state index is -4.37. The highest BCUT2D eigenvalue weighted by molar-refractivity contribution is 7.99. The molecule has 4 nitrogen and oxygen atoms in total. The summed E-state index contributed by atoms with van der Waals surface area (Å²) >= 11 is 1.52. The van der Waals surface area contributed by atoms with E-state index in [9.17, 15) is 18.0 Å². The fraction of sp³-hybridized carbons (Fsp3) is 0.278. The average Bonchev–Trinajstić information content (AvgIpc) is 3.11. The molecule has 0 aliphatic carbocycles. The first-order valence-electron chi connectivity index (χ1n) is 7.89. The third-order valence-corrected chi connectivity index (χ3v) is 5.28. The van der Waals surface area contributed by atoms with Crippen molar-refractivity contribution in [2.45, 2.75) is 11.6 Å². The number of anilines is 1.